The van der Waals surface area contributed by atoms with Gasteiger partial charge in [0.25, 0.3) is 5.56 Å². The molecule has 0 unspecified atom stereocenters. The first-order valence-corrected chi connectivity index (χ1v) is 9.86. The van der Waals surface area contributed by atoms with Crippen LogP contribution in [-0.4, -0.2) is 33.5 Å². The first-order chi connectivity index (χ1) is 11.6. The van der Waals surface area contributed by atoms with Crippen LogP contribution in [0.25, 0.3) is 0 Å². The number of carbonyl (C=O) groups excluding carboxylic acids is 1. The Bertz CT molecular complexity index is 879. The summed E-state index contributed by atoms with van der Waals surface area (Å²) in [5.74, 6) is 1.27. The average molecular weight is 359 g/mol. The van der Waals surface area contributed by atoms with Crippen molar-refractivity contribution in [3.63, 3.8) is 0 Å². The van der Waals surface area contributed by atoms with Crippen LogP contribution in [0.1, 0.15) is 11.3 Å². The maximum atomic E-state index is 12.6. The Kier molecular flexibility index (Phi) is 4.14. The molecule has 2 aromatic rings. The van der Waals surface area contributed by atoms with E-state index in [1.165, 1.54) is 17.3 Å². The van der Waals surface area contributed by atoms with Gasteiger partial charge in [0.05, 0.1) is 16.3 Å². The van der Waals surface area contributed by atoms with Crippen LogP contribution in [0.4, 0.5) is 5.69 Å². The third-order valence-electron chi connectivity index (χ3n) is 4.38. The van der Waals surface area contributed by atoms with Crippen molar-refractivity contribution in [2.24, 2.45) is 7.05 Å². The maximum absolute atomic E-state index is 12.6. The predicted octanol–water partition coefficient (Wildman–Crippen LogP) is 2.11. The summed E-state index contributed by atoms with van der Waals surface area (Å²) in [6.45, 7) is 0.728. The molecule has 0 atom stereocenters. The van der Waals surface area contributed by atoms with Gasteiger partial charge in [-0.05, 0) is 18.1 Å². The minimum atomic E-state index is 0.00367. The van der Waals surface area contributed by atoms with E-state index in [0.29, 0.717) is 10.9 Å². The number of para-hydroxylation sites is 1. The second-order valence-corrected chi connectivity index (χ2v) is 7.89. The van der Waals surface area contributed by atoms with E-state index in [9.17, 15) is 9.59 Å². The molecule has 7 heteroatoms. The van der Waals surface area contributed by atoms with Crippen molar-refractivity contribution in [1.82, 2.24) is 9.55 Å². The van der Waals surface area contributed by atoms with Crippen LogP contribution in [0.2, 0.25) is 0 Å². The molecule has 24 heavy (non-hydrogen) atoms. The highest BCUT2D eigenvalue weighted by molar-refractivity contribution is 8.00. The van der Waals surface area contributed by atoms with Gasteiger partial charge in [0.15, 0.2) is 5.16 Å². The van der Waals surface area contributed by atoms with E-state index >= 15 is 0 Å². The largest absolute Gasteiger partial charge is 0.311 e. The highest BCUT2D eigenvalue weighted by atomic mass is 32.2. The van der Waals surface area contributed by atoms with Crippen molar-refractivity contribution in [1.29, 1.82) is 0 Å². The second kappa shape index (κ2) is 6.29. The summed E-state index contributed by atoms with van der Waals surface area (Å²) in [6, 6.07) is 8.02. The Balaban J connectivity index is 1.51. The number of amides is 1. The van der Waals surface area contributed by atoms with Crippen molar-refractivity contribution in [3.05, 3.63) is 45.9 Å². The van der Waals surface area contributed by atoms with Crippen LogP contribution in [-0.2, 0) is 24.7 Å². The number of thioether (sulfide) groups is 2. The molecule has 0 spiro atoms. The molecule has 1 aromatic carbocycles. The summed E-state index contributed by atoms with van der Waals surface area (Å²) in [4.78, 5) is 32.1. The van der Waals surface area contributed by atoms with E-state index in [-0.39, 0.29) is 11.5 Å². The standard InChI is InChI=1S/C17H17N3O2S2/c1-19-16(22)15-12(7-9-23-15)18-17(19)24-10-14(21)20-8-6-11-4-2-3-5-13(11)20/h2-5H,6-10H2,1H3. The molecular weight excluding hydrogens is 342 g/mol. The molecule has 5 nitrogen and oxygen atoms in total. The van der Waals surface area contributed by atoms with Crippen molar-refractivity contribution in [2.45, 2.75) is 22.9 Å². The van der Waals surface area contributed by atoms with Gasteiger partial charge in [-0.2, -0.15) is 0 Å². The smallest absolute Gasteiger partial charge is 0.267 e. The van der Waals surface area contributed by atoms with E-state index < -0.39 is 0 Å². The number of hydrogen-bond acceptors (Lipinski definition) is 5. The summed E-state index contributed by atoms with van der Waals surface area (Å²) in [7, 11) is 1.73. The quantitative estimate of drug-likeness (QED) is 0.621. The van der Waals surface area contributed by atoms with E-state index in [2.05, 4.69) is 11.1 Å². The van der Waals surface area contributed by atoms with E-state index in [4.69, 9.17) is 0 Å². The van der Waals surface area contributed by atoms with E-state index in [1.807, 2.05) is 23.1 Å². The van der Waals surface area contributed by atoms with Crippen molar-refractivity contribution in [2.75, 3.05) is 23.0 Å². The number of rotatable bonds is 3. The number of aryl methyl sites for hydroxylation is 1. The number of hydrogen-bond donors (Lipinski definition) is 0. The Morgan fingerprint density at radius 1 is 1.33 bits per heavy atom. The fourth-order valence-electron chi connectivity index (χ4n) is 3.10. The molecular formula is C17H17N3O2S2. The fraction of sp³-hybridized carbons (Fsp3) is 0.353. The zero-order valence-corrected chi connectivity index (χ0v) is 15.0. The molecule has 2 aliphatic heterocycles. The molecule has 1 amide bonds. The normalized spacial score (nSPS) is 15.5. The number of anilines is 1. The molecule has 124 valence electrons. The first kappa shape index (κ1) is 15.8. The summed E-state index contributed by atoms with van der Waals surface area (Å²) in [6.07, 6.45) is 1.73. The first-order valence-electron chi connectivity index (χ1n) is 7.89. The van der Waals surface area contributed by atoms with Gasteiger partial charge in [-0.3, -0.25) is 14.2 Å². The lowest BCUT2D eigenvalue weighted by Crippen LogP contribution is -2.31. The number of nitrogens with zero attached hydrogens (tertiary/aromatic N) is 3. The lowest BCUT2D eigenvalue weighted by atomic mass is 10.2. The van der Waals surface area contributed by atoms with E-state index in [0.717, 1.165) is 41.4 Å². The van der Waals surface area contributed by atoms with Crippen molar-refractivity contribution in [3.8, 4) is 0 Å². The Labute approximate surface area is 148 Å². The molecule has 0 aliphatic carbocycles. The van der Waals surface area contributed by atoms with Gasteiger partial charge in [0.1, 0.15) is 0 Å². The summed E-state index contributed by atoms with van der Waals surface area (Å²) < 4.78 is 1.56. The number of carbonyl (C=O) groups is 1. The molecule has 4 rings (SSSR count). The van der Waals surface area contributed by atoms with Gasteiger partial charge in [0, 0.05) is 31.5 Å². The molecule has 0 N–H and O–H groups in total. The molecule has 0 saturated heterocycles. The van der Waals surface area contributed by atoms with Crippen LogP contribution < -0.4 is 10.5 Å². The Morgan fingerprint density at radius 3 is 3.04 bits per heavy atom. The minimum absolute atomic E-state index is 0.00367. The van der Waals surface area contributed by atoms with Gasteiger partial charge in [-0.15, -0.1) is 11.8 Å². The molecule has 2 aliphatic rings. The SMILES string of the molecule is Cn1c(SCC(=O)N2CCc3ccccc32)nc2c(c1=O)SCC2. The number of aromatic nitrogens is 2. The van der Waals surface area contributed by atoms with Gasteiger partial charge < -0.3 is 4.90 Å². The minimum Gasteiger partial charge on any atom is -0.311 e. The summed E-state index contributed by atoms with van der Waals surface area (Å²) in [5, 5.41) is 0.627. The van der Waals surface area contributed by atoms with Crippen LogP contribution in [0.3, 0.4) is 0 Å². The van der Waals surface area contributed by atoms with Crippen molar-refractivity contribution >= 4 is 35.1 Å². The van der Waals surface area contributed by atoms with Gasteiger partial charge in [-0.1, -0.05) is 30.0 Å². The van der Waals surface area contributed by atoms with Gasteiger partial charge in [0.2, 0.25) is 5.91 Å². The highest BCUT2D eigenvalue weighted by Crippen LogP contribution is 2.30. The fourth-order valence-corrected chi connectivity index (χ4v) is 5.03. The maximum Gasteiger partial charge on any atom is 0.267 e. The van der Waals surface area contributed by atoms with Gasteiger partial charge >= 0.3 is 0 Å². The predicted molar refractivity (Wildman–Crippen MR) is 97.1 cm³/mol. The van der Waals surface area contributed by atoms with Gasteiger partial charge in [-0.25, -0.2) is 4.98 Å². The molecule has 0 radical (unpaired) electrons. The Morgan fingerprint density at radius 2 is 2.17 bits per heavy atom. The lowest BCUT2D eigenvalue weighted by molar-refractivity contribution is -0.116. The summed E-state index contributed by atoms with van der Waals surface area (Å²) >= 11 is 2.92. The molecule has 0 fully saturated rings. The zero-order valence-electron chi connectivity index (χ0n) is 13.3. The molecule has 0 bridgehead atoms. The van der Waals surface area contributed by atoms with Crippen LogP contribution >= 0.6 is 23.5 Å². The topological polar surface area (TPSA) is 55.2 Å². The third kappa shape index (κ3) is 2.65. The zero-order chi connectivity index (χ0) is 16.7. The molecule has 1 aromatic heterocycles. The molecule has 0 saturated carbocycles. The van der Waals surface area contributed by atoms with Crippen LogP contribution in [0, 0.1) is 0 Å². The third-order valence-corrected chi connectivity index (χ3v) is 6.50. The second-order valence-electron chi connectivity index (χ2n) is 5.85. The number of benzene rings is 1. The molecule has 3 heterocycles. The monoisotopic (exact) mass is 359 g/mol. The van der Waals surface area contributed by atoms with Crippen LogP contribution in [0.15, 0.2) is 39.1 Å². The van der Waals surface area contributed by atoms with E-state index in [1.54, 1.807) is 23.4 Å². The van der Waals surface area contributed by atoms with Crippen molar-refractivity contribution < 1.29 is 4.79 Å². The lowest BCUT2D eigenvalue weighted by Gasteiger charge is -2.17. The number of fused-ring (bicyclic) bond motifs is 2. The Hall–Kier alpha value is -1.73. The highest BCUT2D eigenvalue weighted by Gasteiger charge is 2.25. The average Bonchev–Trinajstić information content (AvgIpc) is 3.23. The summed E-state index contributed by atoms with van der Waals surface area (Å²) in [5.41, 5.74) is 3.11. The van der Waals surface area contributed by atoms with Crippen LogP contribution in [0.5, 0.6) is 0 Å².